The highest BCUT2D eigenvalue weighted by molar-refractivity contribution is 4.77. The average Bonchev–Trinajstić information content (AvgIpc) is 2.41. The maximum absolute atomic E-state index is 12.5. The summed E-state index contributed by atoms with van der Waals surface area (Å²) in [7, 11) is 0. The molecule has 0 aromatic carbocycles. The Kier molecular flexibility index (Phi) is 8.49. The lowest BCUT2D eigenvalue weighted by molar-refractivity contribution is -0.184. The third-order valence-electron chi connectivity index (χ3n) is 3.75. The Morgan fingerprint density at radius 3 is 2.45 bits per heavy atom. The lowest BCUT2D eigenvalue weighted by Gasteiger charge is -2.32. The van der Waals surface area contributed by atoms with E-state index in [1.807, 2.05) is 6.92 Å². The Labute approximate surface area is 119 Å². The zero-order chi connectivity index (χ0) is 14.8. The standard InChI is InChI=1S/C14H27F3N2O/c1-2-20-12-4-3-7-18-8-11-19-9-5-13(6-10-19)14(15,16)17/h13,18H,2-12H2,1H3. The molecular formula is C14H27F3N2O. The Morgan fingerprint density at radius 2 is 1.85 bits per heavy atom. The van der Waals surface area contributed by atoms with Crippen molar-refractivity contribution in [3.8, 4) is 0 Å². The van der Waals surface area contributed by atoms with Gasteiger partial charge in [-0.05, 0) is 52.2 Å². The summed E-state index contributed by atoms with van der Waals surface area (Å²) in [6.45, 7) is 7.34. The summed E-state index contributed by atoms with van der Waals surface area (Å²) >= 11 is 0. The van der Waals surface area contributed by atoms with Crippen molar-refractivity contribution in [2.24, 2.45) is 5.92 Å². The van der Waals surface area contributed by atoms with Gasteiger partial charge in [0.25, 0.3) is 0 Å². The third kappa shape index (κ3) is 7.45. The van der Waals surface area contributed by atoms with E-state index in [-0.39, 0.29) is 12.8 Å². The van der Waals surface area contributed by atoms with E-state index >= 15 is 0 Å². The highest BCUT2D eigenvalue weighted by atomic mass is 19.4. The molecule has 3 nitrogen and oxygen atoms in total. The summed E-state index contributed by atoms with van der Waals surface area (Å²) in [6, 6.07) is 0. The first-order valence-corrected chi connectivity index (χ1v) is 7.61. The SMILES string of the molecule is CCOCCCCNCCN1CCC(C(F)(F)F)CC1. The van der Waals surface area contributed by atoms with Gasteiger partial charge in [0.1, 0.15) is 0 Å². The minimum Gasteiger partial charge on any atom is -0.382 e. The fraction of sp³-hybridized carbons (Fsp3) is 1.00. The first-order valence-electron chi connectivity index (χ1n) is 7.61. The molecule has 1 aliphatic heterocycles. The summed E-state index contributed by atoms with van der Waals surface area (Å²) < 4.78 is 42.8. The second-order valence-electron chi connectivity index (χ2n) is 5.31. The number of piperidine rings is 1. The molecule has 0 spiro atoms. The first-order chi connectivity index (χ1) is 9.54. The quantitative estimate of drug-likeness (QED) is 0.662. The lowest BCUT2D eigenvalue weighted by atomic mass is 9.96. The maximum Gasteiger partial charge on any atom is 0.391 e. The number of halogens is 3. The molecule has 1 fully saturated rings. The molecule has 1 saturated heterocycles. The van der Waals surface area contributed by atoms with E-state index < -0.39 is 12.1 Å². The van der Waals surface area contributed by atoms with Crippen LogP contribution in [-0.2, 0) is 4.74 Å². The summed E-state index contributed by atoms with van der Waals surface area (Å²) in [5.41, 5.74) is 0. The summed E-state index contributed by atoms with van der Waals surface area (Å²) in [4.78, 5) is 2.12. The van der Waals surface area contributed by atoms with Crippen LogP contribution in [0.5, 0.6) is 0 Å². The van der Waals surface area contributed by atoms with Gasteiger partial charge < -0.3 is 15.0 Å². The Hall–Kier alpha value is -0.330. The molecule has 1 N–H and O–H groups in total. The van der Waals surface area contributed by atoms with Crippen LogP contribution in [0.1, 0.15) is 32.6 Å². The molecule has 0 aromatic heterocycles. The number of unbranched alkanes of at least 4 members (excludes halogenated alkanes) is 1. The monoisotopic (exact) mass is 296 g/mol. The number of ether oxygens (including phenoxy) is 1. The van der Waals surface area contributed by atoms with E-state index in [1.54, 1.807) is 0 Å². The first kappa shape index (κ1) is 17.7. The molecule has 6 heteroatoms. The van der Waals surface area contributed by atoms with E-state index in [0.29, 0.717) is 13.1 Å². The summed E-state index contributed by atoms with van der Waals surface area (Å²) in [6.07, 6.45) is -1.38. The van der Waals surface area contributed by atoms with Crippen molar-refractivity contribution in [1.29, 1.82) is 0 Å². The lowest BCUT2D eigenvalue weighted by Crippen LogP contribution is -2.41. The van der Waals surface area contributed by atoms with Crippen molar-refractivity contribution in [2.75, 3.05) is 45.9 Å². The number of nitrogens with zero attached hydrogens (tertiary/aromatic N) is 1. The minimum absolute atomic E-state index is 0.248. The number of rotatable bonds is 9. The average molecular weight is 296 g/mol. The maximum atomic E-state index is 12.5. The van der Waals surface area contributed by atoms with Crippen LogP contribution < -0.4 is 5.32 Å². The van der Waals surface area contributed by atoms with Crippen molar-refractivity contribution >= 4 is 0 Å². The molecule has 1 heterocycles. The van der Waals surface area contributed by atoms with Crippen LogP contribution in [0.3, 0.4) is 0 Å². The van der Waals surface area contributed by atoms with Crippen LogP contribution in [0, 0.1) is 5.92 Å². The molecule has 0 bridgehead atoms. The second kappa shape index (κ2) is 9.58. The van der Waals surface area contributed by atoms with Crippen LogP contribution in [-0.4, -0.2) is 57.0 Å². The van der Waals surface area contributed by atoms with Crippen molar-refractivity contribution in [2.45, 2.75) is 38.8 Å². The van der Waals surface area contributed by atoms with E-state index in [4.69, 9.17) is 4.74 Å². The molecule has 0 unspecified atom stereocenters. The van der Waals surface area contributed by atoms with Crippen LogP contribution in [0.15, 0.2) is 0 Å². The molecule has 0 radical (unpaired) electrons. The van der Waals surface area contributed by atoms with Gasteiger partial charge in [0.05, 0.1) is 5.92 Å². The van der Waals surface area contributed by atoms with Crippen molar-refractivity contribution in [3.63, 3.8) is 0 Å². The smallest absolute Gasteiger partial charge is 0.382 e. The molecule has 0 aromatic rings. The number of likely N-dealkylation sites (tertiary alicyclic amines) is 1. The van der Waals surface area contributed by atoms with E-state index in [2.05, 4.69) is 10.2 Å². The molecule has 120 valence electrons. The molecular weight excluding hydrogens is 269 g/mol. The number of nitrogens with one attached hydrogen (secondary N) is 1. The fourth-order valence-electron chi connectivity index (χ4n) is 2.44. The van der Waals surface area contributed by atoms with Gasteiger partial charge in [-0.3, -0.25) is 0 Å². The highest BCUT2D eigenvalue weighted by Gasteiger charge is 2.40. The van der Waals surface area contributed by atoms with Crippen molar-refractivity contribution in [3.05, 3.63) is 0 Å². The third-order valence-corrected chi connectivity index (χ3v) is 3.75. The summed E-state index contributed by atoms with van der Waals surface area (Å²) in [5, 5.41) is 3.33. The Balaban J connectivity index is 1.94. The fourth-order valence-corrected chi connectivity index (χ4v) is 2.44. The van der Waals surface area contributed by atoms with Gasteiger partial charge in [-0.15, -0.1) is 0 Å². The van der Waals surface area contributed by atoms with Crippen LogP contribution in [0.4, 0.5) is 13.2 Å². The van der Waals surface area contributed by atoms with E-state index in [9.17, 15) is 13.2 Å². The molecule has 20 heavy (non-hydrogen) atoms. The minimum atomic E-state index is -4.01. The highest BCUT2D eigenvalue weighted by Crippen LogP contribution is 2.33. The molecule has 1 aliphatic rings. The van der Waals surface area contributed by atoms with E-state index in [1.165, 1.54) is 0 Å². The zero-order valence-corrected chi connectivity index (χ0v) is 12.3. The van der Waals surface area contributed by atoms with Gasteiger partial charge in [0, 0.05) is 26.3 Å². The predicted octanol–water partition coefficient (Wildman–Crippen LogP) is 2.67. The molecule has 0 aliphatic carbocycles. The number of hydrogen-bond acceptors (Lipinski definition) is 3. The van der Waals surface area contributed by atoms with Crippen LogP contribution in [0.25, 0.3) is 0 Å². The number of hydrogen-bond donors (Lipinski definition) is 1. The van der Waals surface area contributed by atoms with Crippen LogP contribution >= 0.6 is 0 Å². The van der Waals surface area contributed by atoms with Gasteiger partial charge in [-0.25, -0.2) is 0 Å². The van der Waals surface area contributed by atoms with Crippen LogP contribution in [0.2, 0.25) is 0 Å². The molecule has 1 rings (SSSR count). The van der Waals surface area contributed by atoms with Crippen molar-refractivity contribution in [1.82, 2.24) is 10.2 Å². The second-order valence-corrected chi connectivity index (χ2v) is 5.31. The molecule has 0 saturated carbocycles. The van der Waals surface area contributed by atoms with Gasteiger partial charge in [-0.1, -0.05) is 0 Å². The van der Waals surface area contributed by atoms with Crippen molar-refractivity contribution < 1.29 is 17.9 Å². The predicted molar refractivity (Wildman–Crippen MR) is 73.8 cm³/mol. The zero-order valence-electron chi connectivity index (χ0n) is 12.3. The number of alkyl halides is 3. The normalized spacial score (nSPS) is 18.6. The molecule has 0 amide bonds. The van der Waals surface area contributed by atoms with Gasteiger partial charge in [0.15, 0.2) is 0 Å². The topological polar surface area (TPSA) is 24.5 Å². The largest absolute Gasteiger partial charge is 0.391 e. The Bertz CT molecular complexity index is 241. The van der Waals surface area contributed by atoms with E-state index in [0.717, 1.165) is 45.7 Å². The van der Waals surface area contributed by atoms with Gasteiger partial charge >= 0.3 is 6.18 Å². The van der Waals surface area contributed by atoms with Gasteiger partial charge in [0.2, 0.25) is 0 Å². The molecule has 0 atom stereocenters. The van der Waals surface area contributed by atoms with Gasteiger partial charge in [-0.2, -0.15) is 13.2 Å². The Morgan fingerprint density at radius 1 is 1.15 bits per heavy atom. The summed E-state index contributed by atoms with van der Waals surface area (Å²) in [5.74, 6) is -1.09.